The average molecular weight is 265 g/mol. The van der Waals surface area contributed by atoms with Crippen molar-refractivity contribution in [1.29, 1.82) is 0 Å². The van der Waals surface area contributed by atoms with E-state index in [1.54, 1.807) is 7.11 Å². The predicted octanol–water partition coefficient (Wildman–Crippen LogP) is 3.24. The molecule has 0 bridgehead atoms. The molecule has 1 aromatic carbocycles. The summed E-state index contributed by atoms with van der Waals surface area (Å²) in [5.74, 6) is 1.39. The van der Waals surface area contributed by atoms with Crippen molar-refractivity contribution in [2.24, 2.45) is 5.92 Å². The van der Waals surface area contributed by atoms with Gasteiger partial charge in [0.2, 0.25) is 0 Å². The van der Waals surface area contributed by atoms with Crippen LogP contribution in [0.1, 0.15) is 32.8 Å². The van der Waals surface area contributed by atoms with Crippen molar-refractivity contribution in [2.45, 2.75) is 39.9 Å². The summed E-state index contributed by atoms with van der Waals surface area (Å²) >= 11 is 0. The summed E-state index contributed by atoms with van der Waals surface area (Å²) in [5.41, 5.74) is 1.15. The van der Waals surface area contributed by atoms with Gasteiger partial charge in [0.1, 0.15) is 5.75 Å². The van der Waals surface area contributed by atoms with Gasteiger partial charge in [-0.1, -0.05) is 32.9 Å². The van der Waals surface area contributed by atoms with Crippen LogP contribution in [0.25, 0.3) is 0 Å². The molecule has 0 aliphatic heterocycles. The summed E-state index contributed by atoms with van der Waals surface area (Å²) in [6.07, 6.45) is 1.40. The predicted molar refractivity (Wildman–Crippen MR) is 79.6 cm³/mol. The smallest absolute Gasteiger partial charge is 0.119 e. The van der Waals surface area contributed by atoms with E-state index >= 15 is 0 Å². The van der Waals surface area contributed by atoms with Crippen molar-refractivity contribution in [2.75, 3.05) is 20.2 Å². The molecular weight excluding hydrogens is 238 g/mol. The summed E-state index contributed by atoms with van der Waals surface area (Å²) in [5, 5.41) is 3.43. The second-order valence-electron chi connectivity index (χ2n) is 5.15. The Bertz CT molecular complexity index is 352. The van der Waals surface area contributed by atoms with E-state index in [2.05, 4.69) is 32.2 Å². The van der Waals surface area contributed by atoms with Gasteiger partial charge in [0.05, 0.1) is 19.8 Å². The van der Waals surface area contributed by atoms with Gasteiger partial charge in [-0.15, -0.1) is 0 Å². The van der Waals surface area contributed by atoms with Gasteiger partial charge in [0.15, 0.2) is 0 Å². The van der Waals surface area contributed by atoms with Crippen LogP contribution in [-0.4, -0.2) is 26.3 Å². The normalized spacial score (nSPS) is 12.7. The summed E-state index contributed by atoms with van der Waals surface area (Å²) in [7, 11) is 1.69. The van der Waals surface area contributed by atoms with Crippen LogP contribution < -0.4 is 10.1 Å². The average Bonchev–Trinajstić information content (AvgIpc) is 2.42. The molecule has 0 saturated heterocycles. The zero-order chi connectivity index (χ0) is 14.1. The zero-order valence-electron chi connectivity index (χ0n) is 12.6. The Morgan fingerprint density at radius 2 is 2.05 bits per heavy atom. The molecular formula is C16H27NO2. The Morgan fingerprint density at radius 1 is 1.26 bits per heavy atom. The molecule has 1 N–H and O–H groups in total. The lowest BCUT2D eigenvalue weighted by Gasteiger charge is -2.22. The van der Waals surface area contributed by atoms with E-state index < -0.39 is 0 Å². The van der Waals surface area contributed by atoms with Crippen molar-refractivity contribution < 1.29 is 9.47 Å². The van der Waals surface area contributed by atoms with Gasteiger partial charge in [-0.05, 0) is 36.6 Å². The molecule has 0 aliphatic carbocycles. The molecule has 1 aromatic rings. The fourth-order valence-electron chi connectivity index (χ4n) is 1.87. The van der Waals surface area contributed by atoms with E-state index in [-0.39, 0.29) is 6.10 Å². The van der Waals surface area contributed by atoms with E-state index in [1.165, 1.54) is 0 Å². The van der Waals surface area contributed by atoms with Gasteiger partial charge in [0.25, 0.3) is 0 Å². The van der Waals surface area contributed by atoms with Crippen LogP contribution in [0.5, 0.6) is 5.75 Å². The number of ether oxygens (including phenoxy) is 2. The number of rotatable bonds is 9. The number of hydrogen-bond acceptors (Lipinski definition) is 3. The zero-order valence-corrected chi connectivity index (χ0v) is 12.6. The van der Waals surface area contributed by atoms with Crippen molar-refractivity contribution in [3.05, 3.63) is 29.8 Å². The molecule has 0 heterocycles. The second kappa shape index (κ2) is 8.94. The van der Waals surface area contributed by atoms with Crippen LogP contribution in [0.3, 0.4) is 0 Å². The second-order valence-corrected chi connectivity index (χ2v) is 5.15. The number of nitrogens with one attached hydrogen (secondary N) is 1. The molecule has 0 aromatic heterocycles. The van der Waals surface area contributed by atoms with Crippen LogP contribution >= 0.6 is 0 Å². The third-order valence-corrected chi connectivity index (χ3v) is 3.11. The van der Waals surface area contributed by atoms with Gasteiger partial charge in [0, 0.05) is 6.54 Å². The maximum atomic E-state index is 6.02. The monoisotopic (exact) mass is 265 g/mol. The van der Waals surface area contributed by atoms with Crippen molar-refractivity contribution in [3.8, 4) is 5.75 Å². The molecule has 0 amide bonds. The molecule has 1 atom stereocenters. The maximum absolute atomic E-state index is 6.02. The van der Waals surface area contributed by atoms with E-state index in [0.29, 0.717) is 12.5 Å². The third-order valence-electron chi connectivity index (χ3n) is 3.11. The first-order valence-electron chi connectivity index (χ1n) is 7.12. The van der Waals surface area contributed by atoms with E-state index in [4.69, 9.17) is 9.47 Å². The SMILES string of the molecule is CCCNCC(OCc1cccc(OC)c1)C(C)C. The van der Waals surface area contributed by atoms with Crippen LogP contribution in [0, 0.1) is 5.92 Å². The highest BCUT2D eigenvalue weighted by Crippen LogP contribution is 2.15. The molecule has 1 rings (SSSR count). The summed E-state index contributed by atoms with van der Waals surface area (Å²) < 4.78 is 11.2. The maximum Gasteiger partial charge on any atom is 0.119 e. The third kappa shape index (κ3) is 6.08. The molecule has 0 spiro atoms. The molecule has 108 valence electrons. The Balaban J connectivity index is 2.45. The fraction of sp³-hybridized carbons (Fsp3) is 0.625. The minimum absolute atomic E-state index is 0.248. The Hall–Kier alpha value is -1.06. The van der Waals surface area contributed by atoms with Gasteiger partial charge in [-0.3, -0.25) is 0 Å². The first-order valence-corrected chi connectivity index (χ1v) is 7.12. The topological polar surface area (TPSA) is 30.5 Å². The lowest BCUT2D eigenvalue weighted by Crippen LogP contribution is -2.33. The van der Waals surface area contributed by atoms with Crippen molar-refractivity contribution in [3.63, 3.8) is 0 Å². The quantitative estimate of drug-likeness (QED) is 0.695. The molecule has 0 fully saturated rings. The van der Waals surface area contributed by atoms with Gasteiger partial charge >= 0.3 is 0 Å². The fourth-order valence-corrected chi connectivity index (χ4v) is 1.87. The number of methoxy groups -OCH3 is 1. The van der Waals surface area contributed by atoms with Crippen LogP contribution in [-0.2, 0) is 11.3 Å². The lowest BCUT2D eigenvalue weighted by atomic mass is 10.1. The molecule has 1 unspecified atom stereocenters. The minimum Gasteiger partial charge on any atom is -0.497 e. The molecule has 3 nitrogen and oxygen atoms in total. The van der Waals surface area contributed by atoms with E-state index in [1.807, 2.05) is 18.2 Å². The Labute approximate surface area is 117 Å². The molecule has 19 heavy (non-hydrogen) atoms. The van der Waals surface area contributed by atoms with Crippen molar-refractivity contribution >= 4 is 0 Å². The molecule has 0 radical (unpaired) electrons. The summed E-state index contributed by atoms with van der Waals surface area (Å²) in [6, 6.07) is 8.04. The minimum atomic E-state index is 0.248. The first-order chi connectivity index (χ1) is 9.17. The van der Waals surface area contributed by atoms with Gasteiger partial charge in [-0.2, -0.15) is 0 Å². The van der Waals surface area contributed by atoms with Gasteiger partial charge in [-0.25, -0.2) is 0 Å². The molecule has 3 heteroatoms. The highest BCUT2D eigenvalue weighted by Gasteiger charge is 2.13. The molecule has 0 aliphatic rings. The first kappa shape index (κ1) is 16.0. The Kier molecular flexibility index (Phi) is 7.53. The van der Waals surface area contributed by atoms with Crippen molar-refractivity contribution in [1.82, 2.24) is 5.32 Å². The molecule has 0 saturated carbocycles. The van der Waals surface area contributed by atoms with Crippen LogP contribution in [0.15, 0.2) is 24.3 Å². The van der Waals surface area contributed by atoms with Gasteiger partial charge < -0.3 is 14.8 Å². The standard InChI is InChI=1S/C16H27NO2/c1-5-9-17-11-16(13(2)3)19-12-14-7-6-8-15(10-14)18-4/h6-8,10,13,16-17H,5,9,11-12H2,1-4H3. The number of hydrogen-bond donors (Lipinski definition) is 1. The largest absolute Gasteiger partial charge is 0.497 e. The Morgan fingerprint density at radius 3 is 2.68 bits per heavy atom. The van der Waals surface area contributed by atoms with Crippen LogP contribution in [0.2, 0.25) is 0 Å². The van der Waals surface area contributed by atoms with E-state index in [9.17, 15) is 0 Å². The highest BCUT2D eigenvalue weighted by molar-refractivity contribution is 5.27. The highest BCUT2D eigenvalue weighted by atomic mass is 16.5. The van der Waals surface area contributed by atoms with E-state index in [0.717, 1.165) is 30.8 Å². The van der Waals surface area contributed by atoms with Crippen LogP contribution in [0.4, 0.5) is 0 Å². The lowest BCUT2D eigenvalue weighted by molar-refractivity contribution is 0.0114. The number of benzene rings is 1. The summed E-state index contributed by atoms with van der Waals surface area (Å²) in [6.45, 7) is 9.16. The summed E-state index contributed by atoms with van der Waals surface area (Å²) in [4.78, 5) is 0.